The second-order valence-corrected chi connectivity index (χ2v) is 39.3. The summed E-state index contributed by atoms with van der Waals surface area (Å²) in [7, 11) is 0. The Morgan fingerprint density at radius 1 is 0.112 bits per heavy atom. The van der Waals surface area contributed by atoms with Crippen molar-refractivity contribution < 1.29 is 0 Å². The smallest absolute Gasteiger partial charge is 0.0540 e. The monoisotopic (exact) mass is 1880 g/mol. The lowest BCUT2D eigenvalue weighted by atomic mass is 10.0. The summed E-state index contributed by atoms with van der Waals surface area (Å²) in [5, 5.41) is 10.3. The Bertz CT molecular complexity index is 8700. The van der Waals surface area contributed by atoms with E-state index in [1.54, 1.807) is 0 Å². The summed E-state index contributed by atoms with van der Waals surface area (Å²) in [6.07, 6.45) is 0. The molecule has 0 saturated carbocycles. The molecule has 0 amide bonds. The maximum atomic E-state index is 2.39. The highest BCUT2D eigenvalue weighted by atomic mass is 32.1. The first-order valence-corrected chi connectivity index (χ1v) is 51.1. The molecule has 0 unspecified atom stereocenters. The lowest BCUT2D eigenvalue weighted by molar-refractivity contribution is 1.28. The van der Waals surface area contributed by atoms with Gasteiger partial charge in [0, 0.05) is 128 Å². The summed E-state index contributed by atoms with van der Waals surface area (Å²) < 4.78 is 7.92. The fourth-order valence-electron chi connectivity index (χ4n) is 20.4. The minimum Gasteiger partial charge on any atom is -0.311 e. The van der Waals surface area contributed by atoms with Crippen molar-refractivity contribution in [3.05, 3.63) is 558 Å². The van der Waals surface area contributed by atoms with Crippen molar-refractivity contribution in [2.45, 2.75) is 0 Å². The van der Waals surface area contributed by atoms with Crippen LogP contribution in [0, 0.1) is 0 Å². The zero-order chi connectivity index (χ0) is 94.9. The van der Waals surface area contributed by atoms with Crippen LogP contribution in [0.1, 0.15) is 0 Å². The maximum absolute atomic E-state index is 2.39. The van der Waals surface area contributed by atoms with Crippen molar-refractivity contribution in [1.29, 1.82) is 0 Å². The van der Waals surface area contributed by atoms with Gasteiger partial charge in [0.05, 0.1) is 5.69 Å². The zero-order valence-corrected chi connectivity index (χ0v) is 80.6. The van der Waals surface area contributed by atoms with Gasteiger partial charge in [-0.3, -0.25) is 0 Å². The fraction of sp³-hybridized carbons (Fsp3) is 0. The van der Waals surface area contributed by atoms with Gasteiger partial charge in [0.2, 0.25) is 0 Å². The van der Waals surface area contributed by atoms with Crippen LogP contribution in [0.2, 0.25) is 0 Å². The summed E-state index contributed by atoms with van der Waals surface area (Å²) in [5.74, 6) is 0. The molecule has 0 bridgehead atoms. The molecule has 7 heteroatoms. The third kappa shape index (κ3) is 17.2. The Morgan fingerprint density at radius 3 is 0.531 bits per heavy atom. The van der Waals surface area contributed by atoms with Crippen molar-refractivity contribution in [2.24, 2.45) is 0 Å². The standard InChI is InChI=1S/C72H48N2S2.C64H44N2S/c1-3-13-49(14-4-1)51-25-37-57(38-26-51)73(58-39-27-52(28-40-58)50-15-5-2-6-16-50)59-41-29-53(30-42-59)54-31-43-60(44-32-54)74(61-45-33-55(34-46-61)63-19-11-21-67-65-17-7-9-23-69(65)75-71(63)67)62-47-35-56(36-48-62)64-20-12-22-68-66-18-8-10-24-70(66)76-72(64)68;1-3-13-45(14-4-1)47-25-35-53(36-26-47)65(54-37-27-48(28-38-54)46-15-5-2-6-16-46)55-39-29-49(30-40-55)50-31-41-56(42-32-50)66(62-23-11-18-51-17-7-8-19-58(51)62)57-43-33-52(34-44-57)59-21-12-22-61-60-20-9-10-24-63(60)67-64(59)61/h1-48H;1-44H. The summed E-state index contributed by atoms with van der Waals surface area (Å²) in [6.45, 7) is 0. The summed E-state index contributed by atoms with van der Waals surface area (Å²) in [6, 6.07) is 203. The van der Waals surface area contributed by atoms with Gasteiger partial charge in [-0.2, -0.15) is 0 Å². The molecule has 0 aliphatic rings. The average Bonchev–Trinajstić information content (AvgIpc) is 1.58. The number of anilines is 12. The van der Waals surface area contributed by atoms with Gasteiger partial charge in [-0.25, -0.2) is 0 Å². The van der Waals surface area contributed by atoms with Gasteiger partial charge in [-0.05, 0) is 263 Å². The lowest BCUT2D eigenvalue weighted by Crippen LogP contribution is -2.10. The van der Waals surface area contributed by atoms with E-state index in [1.807, 2.05) is 34.0 Å². The number of nitrogens with zero attached hydrogens (tertiary/aromatic N) is 4. The van der Waals surface area contributed by atoms with Crippen LogP contribution in [0.25, 0.3) is 171 Å². The topological polar surface area (TPSA) is 13.0 Å². The van der Waals surface area contributed by atoms with E-state index in [0.29, 0.717) is 0 Å². The van der Waals surface area contributed by atoms with E-state index in [-0.39, 0.29) is 0 Å². The van der Waals surface area contributed by atoms with Gasteiger partial charge in [0.25, 0.3) is 0 Å². The molecular weight excluding hydrogens is 1790 g/mol. The van der Waals surface area contributed by atoms with Gasteiger partial charge >= 0.3 is 0 Å². The lowest BCUT2D eigenvalue weighted by Gasteiger charge is -2.27. The van der Waals surface area contributed by atoms with Crippen LogP contribution in [0.3, 0.4) is 0 Å². The average molecular weight is 1880 g/mol. The summed E-state index contributed by atoms with van der Waals surface area (Å²) in [5.41, 5.74) is 34.8. The summed E-state index contributed by atoms with van der Waals surface area (Å²) >= 11 is 5.62. The quantitative estimate of drug-likeness (QED) is 0.0711. The molecule has 0 N–H and O–H groups in total. The Hall–Kier alpha value is -17.8. The van der Waals surface area contributed by atoms with Crippen LogP contribution in [0.15, 0.2) is 558 Å². The number of thiophene rings is 3. The van der Waals surface area contributed by atoms with E-state index in [4.69, 9.17) is 0 Å². The largest absolute Gasteiger partial charge is 0.311 e. The van der Waals surface area contributed by atoms with Gasteiger partial charge in [0.15, 0.2) is 0 Å². The highest BCUT2D eigenvalue weighted by Gasteiger charge is 2.24. The molecule has 0 spiro atoms. The molecule has 23 aromatic carbocycles. The van der Waals surface area contributed by atoms with Gasteiger partial charge < -0.3 is 19.6 Å². The number of fused-ring (bicyclic) bond motifs is 10. The van der Waals surface area contributed by atoms with Crippen molar-refractivity contribution >= 4 is 174 Å². The van der Waals surface area contributed by atoms with Gasteiger partial charge in [0.1, 0.15) is 0 Å². The van der Waals surface area contributed by atoms with Gasteiger partial charge in [-0.15, -0.1) is 34.0 Å². The predicted octanol–water partition coefficient (Wildman–Crippen LogP) is 40.5. The number of hydrogen-bond acceptors (Lipinski definition) is 7. The van der Waals surface area contributed by atoms with E-state index in [0.717, 1.165) is 90.5 Å². The third-order valence-corrected chi connectivity index (χ3v) is 31.3. The molecule has 3 aromatic heterocycles. The maximum Gasteiger partial charge on any atom is 0.0540 e. The zero-order valence-electron chi connectivity index (χ0n) is 78.1. The molecule has 143 heavy (non-hydrogen) atoms. The Morgan fingerprint density at radius 2 is 0.287 bits per heavy atom. The highest BCUT2D eigenvalue weighted by molar-refractivity contribution is 7.27. The molecule has 0 aliphatic heterocycles. The Balaban J connectivity index is 0.000000151. The first kappa shape index (κ1) is 86.7. The molecule has 3 heterocycles. The van der Waals surface area contributed by atoms with Crippen LogP contribution in [-0.4, -0.2) is 0 Å². The predicted molar refractivity (Wildman–Crippen MR) is 617 cm³/mol. The third-order valence-electron chi connectivity index (χ3n) is 27.6. The van der Waals surface area contributed by atoms with E-state index < -0.39 is 0 Å². The van der Waals surface area contributed by atoms with Crippen LogP contribution in [0.4, 0.5) is 68.2 Å². The molecule has 26 rings (SSSR count). The van der Waals surface area contributed by atoms with Crippen LogP contribution in [0.5, 0.6) is 0 Å². The minimum atomic E-state index is 1.09. The molecule has 674 valence electrons. The molecule has 0 radical (unpaired) electrons. The number of benzene rings is 23. The first-order chi connectivity index (χ1) is 70.9. The molecule has 0 aliphatic carbocycles. The molecule has 4 nitrogen and oxygen atoms in total. The van der Waals surface area contributed by atoms with Crippen molar-refractivity contribution in [3.8, 4) is 100 Å². The summed E-state index contributed by atoms with van der Waals surface area (Å²) in [4.78, 5) is 9.46. The van der Waals surface area contributed by atoms with Crippen molar-refractivity contribution in [1.82, 2.24) is 0 Å². The highest BCUT2D eigenvalue weighted by Crippen LogP contribution is 2.50. The molecule has 0 fully saturated rings. The Kier molecular flexibility index (Phi) is 23.4. The Labute approximate surface area is 844 Å². The van der Waals surface area contributed by atoms with E-state index >= 15 is 0 Å². The normalized spacial score (nSPS) is 11.4. The van der Waals surface area contributed by atoms with Crippen LogP contribution >= 0.6 is 34.0 Å². The van der Waals surface area contributed by atoms with E-state index in [9.17, 15) is 0 Å². The van der Waals surface area contributed by atoms with Crippen molar-refractivity contribution in [2.75, 3.05) is 19.6 Å². The van der Waals surface area contributed by atoms with Crippen LogP contribution in [-0.2, 0) is 0 Å². The molecule has 0 atom stereocenters. The number of hydrogen-bond donors (Lipinski definition) is 0. The SMILES string of the molecule is c1ccc(-c2ccc(N(c3ccc(-c4ccccc4)cc3)c3ccc(-c4ccc(N(c5ccc(-c6cccc7c6sc6ccccc67)cc5)c5ccc(-c6cccc7c6sc6ccccc67)cc5)cc4)cc3)cc2)cc1.c1ccc(-c2ccc(N(c3ccc(-c4ccccc4)cc3)c3ccc(-c4ccc(N(c5ccc(-c6cccc7c6sc6ccccc67)cc5)c5cccc6ccccc56)cc4)cc3)cc2)cc1. The van der Waals surface area contributed by atoms with Crippen molar-refractivity contribution in [3.63, 3.8) is 0 Å². The van der Waals surface area contributed by atoms with E-state index in [2.05, 4.69) is 578 Å². The molecule has 0 saturated heterocycles. The molecule has 26 aromatic rings. The minimum absolute atomic E-state index is 1.09. The van der Waals surface area contributed by atoms with Crippen LogP contribution < -0.4 is 19.6 Å². The van der Waals surface area contributed by atoms with E-state index in [1.165, 1.54) is 149 Å². The van der Waals surface area contributed by atoms with Gasteiger partial charge in [-0.1, -0.05) is 400 Å². The fourth-order valence-corrected chi connectivity index (χ4v) is 24.1. The first-order valence-electron chi connectivity index (χ1n) is 48.6. The number of rotatable bonds is 21. The second-order valence-electron chi connectivity index (χ2n) is 36.2. The second kappa shape index (κ2) is 38.5. The molecular formula is C136H92N4S3.